The fraction of sp³-hybridized carbons (Fsp3) is 0.208. The second-order valence-electron chi connectivity index (χ2n) is 7.40. The van der Waals surface area contributed by atoms with Gasteiger partial charge in [-0.3, -0.25) is 4.79 Å². The topological polar surface area (TPSA) is 84.5 Å². The molecule has 3 aromatic rings. The van der Waals surface area contributed by atoms with Crippen molar-refractivity contribution in [2.75, 3.05) is 6.61 Å². The summed E-state index contributed by atoms with van der Waals surface area (Å²) in [6.45, 7) is 3.91. The van der Waals surface area contributed by atoms with Crippen LogP contribution in [0.25, 0.3) is 0 Å². The quantitative estimate of drug-likeness (QED) is 0.484. The van der Waals surface area contributed by atoms with Gasteiger partial charge in [0.1, 0.15) is 5.75 Å². The predicted octanol–water partition coefficient (Wildman–Crippen LogP) is 4.38. The molecule has 0 aliphatic heterocycles. The van der Waals surface area contributed by atoms with Gasteiger partial charge in [0.2, 0.25) is 10.0 Å². The van der Waals surface area contributed by atoms with Gasteiger partial charge in [0, 0.05) is 12.6 Å². The maximum atomic E-state index is 12.7. The van der Waals surface area contributed by atoms with Gasteiger partial charge in [0.05, 0.1) is 9.92 Å². The van der Waals surface area contributed by atoms with E-state index in [9.17, 15) is 13.2 Å². The third kappa shape index (κ3) is 6.56. The predicted molar refractivity (Wildman–Crippen MR) is 125 cm³/mol. The Labute approximate surface area is 193 Å². The standard InChI is InChI=1S/C24H25ClN2O4S/c1-17-8-10-19(11-9-17)15-26-24(28)16-31-23-13-12-21(14-22(23)25)32(29,30)27-18(2)20-6-4-3-5-7-20/h3-14,18,27H,15-16H2,1-2H3,(H,26,28). The highest BCUT2D eigenvalue weighted by Crippen LogP contribution is 2.28. The number of hydrogen-bond acceptors (Lipinski definition) is 4. The minimum atomic E-state index is -3.79. The molecule has 3 aromatic carbocycles. The lowest BCUT2D eigenvalue weighted by Crippen LogP contribution is -2.28. The van der Waals surface area contributed by atoms with Crippen LogP contribution in [0, 0.1) is 6.92 Å². The second-order valence-corrected chi connectivity index (χ2v) is 9.52. The Morgan fingerprint density at radius 3 is 2.38 bits per heavy atom. The van der Waals surface area contributed by atoms with Crippen LogP contribution in [0.5, 0.6) is 5.75 Å². The van der Waals surface area contributed by atoms with E-state index in [1.54, 1.807) is 6.92 Å². The van der Waals surface area contributed by atoms with Crippen LogP contribution in [0.4, 0.5) is 0 Å². The molecule has 0 bridgehead atoms. The van der Waals surface area contributed by atoms with Crippen LogP contribution in [-0.4, -0.2) is 20.9 Å². The summed E-state index contributed by atoms with van der Waals surface area (Å²) in [6.07, 6.45) is 0. The SMILES string of the molecule is Cc1ccc(CNC(=O)COc2ccc(S(=O)(=O)NC(C)c3ccccc3)cc2Cl)cc1. The zero-order valence-electron chi connectivity index (χ0n) is 17.8. The van der Waals surface area contributed by atoms with Crippen molar-refractivity contribution in [2.45, 2.75) is 31.3 Å². The summed E-state index contributed by atoms with van der Waals surface area (Å²) in [5.41, 5.74) is 2.97. The van der Waals surface area contributed by atoms with Crippen molar-refractivity contribution in [1.29, 1.82) is 0 Å². The molecule has 0 saturated heterocycles. The monoisotopic (exact) mass is 472 g/mol. The fourth-order valence-corrected chi connectivity index (χ4v) is 4.53. The Balaban J connectivity index is 1.57. The smallest absolute Gasteiger partial charge is 0.258 e. The zero-order valence-corrected chi connectivity index (χ0v) is 19.4. The molecular formula is C24H25ClN2O4S. The van der Waals surface area contributed by atoms with Crippen LogP contribution < -0.4 is 14.8 Å². The first-order valence-corrected chi connectivity index (χ1v) is 11.9. The van der Waals surface area contributed by atoms with Crippen molar-refractivity contribution in [3.8, 4) is 5.75 Å². The Bertz CT molecular complexity index is 1170. The van der Waals surface area contributed by atoms with Gasteiger partial charge < -0.3 is 10.1 Å². The highest BCUT2D eigenvalue weighted by molar-refractivity contribution is 7.89. The molecule has 0 aliphatic rings. The molecular weight excluding hydrogens is 448 g/mol. The number of nitrogens with one attached hydrogen (secondary N) is 2. The number of carbonyl (C=O) groups excluding carboxylic acids is 1. The van der Waals surface area contributed by atoms with Gasteiger partial charge in [-0.25, -0.2) is 13.1 Å². The van der Waals surface area contributed by atoms with E-state index >= 15 is 0 Å². The molecule has 168 valence electrons. The molecule has 8 heteroatoms. The molecule has 0 aromatic heterocycles. The number of sulfonamides is 1. The van der Waals surface area contributed by atoms with E-state index in [1.807, 2.05) is 61.5 Å². The summed E-state index contributed by atoms with van der Waals surface area (Å²) >= 11 is 6.21. The van der Waals surface area contributed by atoms with Gasteiger partial charge in [-0.2, -0.15) is 0 Å². The van der Waals surface area contributed by atoms with E-state index in [2.05, 4.69) is 10.0 Å². The van der Waals surface area contributed by atoms with E-state index in [0.717, 1.165) is 16.7 Å². The Morgan fingerprint density at radius 2 is 1.72 bits per heavy atom. The van der Waals surface area contributed by atoms with Crippen molar-refractivity contribution in [3.05, 3.63) is 94.5 Å². The molecule has 3 rings (SSSR count). The van der Waals surface area contributed by atoms with E-state index in [1.165, 1.54) is 18.2 Å². The van der Waals surface area contributed by atoms with E-state index in [4.69, 9.17) is 16.3 Å². The van der Waals surface area contributed by atoms with Crippen LogP contribution >= 0.6 is 11.6 Å². The average molecular weight is 473 g/mol. The van der Waals surface area contributed by atoms with E-state index < -0.39 is 16.1 Å². The number of aryl methyl sites for hydroxylation is 1. The van der Waals surface area contributed by atoms with Crippen LogP contribution in [0.1, 0.15) is 29.7 Å². The number of halogens is 1. The molecule has 0 aliphatic carbocycles. The third-order valence-electron chi connectivity index (χ3n) is 4.81. The highest BCUT2D eigenvalue weighted by Gasteiger charge is 2.20. The first kappa shape index (κ1) is 23.8. The highest BCUT2D eigenvalue weighted by atomic mass is 35.5. The summed E-state index contributed by atoms with van der Waals surface area (Å²) in [5.74, 6) is -0.0797. The summed E-state index contributed by atoms with van der Waals surface area (Å²) < 4.78 is 33.5. The fourth-order valence-electron chi connectivity index (χ4n) is 2.98. The molecule has 1 amide bonds. The molecule has 6 nitrogen and oxygen atoms in total. The Hall–Kier alpha value is -2.87. The van der Waals surface area contributed by atoms with Crippen LogP contribution in [0.3, 0.4) is 0 Å². The van der Waals surface area contributed by atoms with Gasteiger partial charge in [-0.05, 0) is 43.2 Å². The summed E-state index contributed by atoms with van der Waals surface area (Å²) in [4.78, 5) is 12.1. The lowest BCUT2D eigenvalue weighted by Gasteiger charge is -2.15. The molecule has 0 radical (unpaired) electrons. The van der Waals surface area contributed by atoms with E-state index in [-0.39, 0.29) is 28.2 Å². The lowest BCUT2D eigenvalue weighted by molar-refractivity contribution is -0.123. The van der Waals surface area contributed by atoms with Gasteiger partial charge in [0.25, 0.3) is 5.91 Å². The molecule has 0 fully saturated rings. The van der Waals surface area contributed by atoms with E-state index in [0.29, 0.717) is 6.54 Å². The number of hydrogen-bond donors (Lipinski definition) is 2. The molecule has 2 N–H and O–H groups in total. The zero-order chi connectivity index (χ0) is 23.1. The first-order valence-electron chi connectivity index (χ1n) is 10.1. The first-order chi connectivity index (χ1) is 15.2. The summed E-state index contributed by atoms with van der Waals surface area (Å²) in [7, 11) is -3.79. The van der Waals surface area contributed by atoms with Crippen molar-refractivity contribution in [3.63, 3.8) is 0 Å². The Kier molecular flexibility index (Phi) is 7.90. The minimum Gasteiger partial charge on any atom is -0.482 e. The van der Waals surface area contributed by atoms with Crippen molar-refractivity contribution in [2.24, 2.45) is 0 Å². The Morgan fingerprint density at radius 1 is 1.03 bits per heavy atom. The molecule has 0 saturated carbocycles. The number of amides is 1. The van der Waals surface area contributed by atoms with Crippen LogP contribution in [-0.2, 0) is 21.4 Å². The van der Waals surface area contributed by atoms with Gasteiger partial charge in [-0.15, -0.1) is 0 Å². The van der Waals surface area contributed by atoms with Crippen LogP contribution in [0.15, 0.2) is 77.7 Å². The van der Waals surface area contributed by atoms with Gasteiger partial charge in [0.15, 0.2) is 6.61 Å². The van der Waals surface area contributed by atoms with Crippen molar-refractivity contribution >= 4 is 27.5 Å². The minimum absolute atomic E-state index is 0.0152. The molecule has 0 spiro atoms. The average Bonchev–Trinajstić information content (AvgIpc) is 2.78. The summed E-state index contributed by atoms with van der Waals surface area (Å²) in [6, 6.07) is 20.8. The number of carbonyl (C=O) groups is 1. The maximum Gasteiger partial charge on any atom is 0.258 e. The second kappa shape index (κ2) is 10.6. The molecule has 0 heterocycles. The molecule has 32 heavy (non-hydrogen) atoms. The molecule has 1 unspecified atom stereocenters. The number of ether oxygens (including phenoxy) is 1. The molecule has 1 atom stereocenters. The van der Waals surface area contributed by atoms with Crippen molar-refractivity contribution < 1.29 is 17.9 Å². The van der Waals surface area contributed by atoms with Crippen molar-refractivity contribution in [1.82, 2.24) is 10.0 Å². The lowest BCUT2D eigenvalue weighted by atomic mass is 10.1. The van der Waals surface area contributed by atoms with Gasteiger partial charge in [-0.1, -0.05) is 71.8 Å². The van der Waals surface area contributed by atoms with Gasteiger partial charge >= 0.3 is 0 Å². The third-order valence-corrected chi connectivity index (χ3v) is 6.65. The summed E-state index contributed by atoms with van der Waals surface area (Å²) in [5, 5.41) is 2.87. The largest absolute Gasteiger partial charge is 0.482 e. The maximum absolute atomic E-state index is 12.7. The number of benzene rings is 3. The number of rotatable bonds is 9. The normalized spacial score (nSPS) is 12.2. The van der Waals surface area contributed by atoms with Crippen LogP contribution in [0.2, 0.25) is 5.02 Å².